The normalized spacial score (nSPS) is 22.3. The third kappa shape index (κ3) is 3.07. The van der Waals surface area contributed by atoms with Gasteiger partial charge in [-0.05, 0) is 42.0 Å². The monoisotopic (exact) mass is 431 g/mol. The van der Waals surface area contributed by atoms with Gasteiger partial charge in [0, 0.05) is 12.1 Å². The minimum Gasteiger partial charge on any atom is -0.508 e. The molecule has 2 fully saturated rings. The van der Waals surface area contributed by atoms with Crippen molar-refractivity contribution in [2.45, 2.75) is 12.1 Å². The summed E-state index contributed by atoms with van der Waals surface area (Å²) in [5, 5.41) is 22.2. The lowest BCUT2D eigenvalue weighted by Gasteiger charge is -2.28. The molecule has 2 saturated heterocycles. The van der Waals surface area contributed by atoms with E-state index >= 15 is 0 Å². The summed E-state index contributed by atoms with van der Waals surface area (Å²) in [6, 6.07) is 20.2. The van der Waals surface area contributed by atoms with Crippen LogP contribution in [-0.2, 0) is 14.4 Å². The molecule has 32 heavy (non-hydrogen) atoms. The zero-order chi connectivity index (χ0) is 22.4. The van der Waals surface area contributed by atoms with E-state index in [-0.39, 0.29) is 17.1 Å². The molecule has 3 unspecified atom stereocenters. The Hall–Kier alpha value is -4.24. The lowest BCUT2D eigenvalue weighted by Crippen LogP contribution is -2.37. The Morgan fingerprint density at radius 3 is 2.12 bits per heavy atom. The zero-order valence-corrected chi connectivity index (χ0v) is 16.6. The second kappa shape index (κ2) is 7.47. The molecule has 9 nitrogen and oxygen atoms in total. The Morgan fingerprint density at radius 2 is 1.50 bits per heavy atom. The number of anilines is 2. The van der Waals surface area contributed by atoms with Crippen molar-refractivity contribution >= 4 is 28.9 Å². The Kier molecular flexibility index (Phi) is 4.60. The van der Waals surface area contributed by atoms with Crippen molar-refractivity contribution in [2.75, 3.05) is 9.96 Å². The van der Waals surface area contributed by atoms with Gasteiger partial charge in [-0.25, -0.2) is 9.96 Å². The number of hydroxylamine groups is 1. The topological polar surface area (TPSA) is 113 Å². The molecule has 0 aromatic heterocycles. The first-order chi connectivity index (χ1) is 15.5. The molecule has 0 radical (unpaired) electrons. The van der Waals surface area contributed by atoms with Gasteiger partial charge in [0.1, 0.15) is 11.7 Å². The highest BCUT2D eigenvalue weighted by atomic mass is 16.7. The molecule has 0 bridgehead atoms. The van der Waals surface area contributed by atoms with E-state index in [0.717, 1.165) is 4.90 Å². The van der Waals surface area contributed by atoms with Crippen LogP contribution in [0.3, 0.4) is 0 Å². The van der Waals surface area contributed by atoms with E-state index in [0.29, 0.717) is 11.3 Å². The van der Waals surface area contributed by atoms with Gasteiger partial charge in [-0.1, -0.05) is 30.3 Å². The van der Waals surface area contributed by atoms with Gasteiger partial charge < -0.3 is 5.11 Å². The summed E-state index contributed by atoms with van der Waals surface area (Å²) >= 11 is 0. The molecule has 9 heteroatoms. The minimum atomic E-state index is -1.04. The van der Waals surface area contributed by atoms with Crippen LogP contribution < -0.4 is 9.96 Å². The third-order valence-corrected chi connectivity index (χ3v) is 5.68. The summed E-state index contributed by atoms with van der Waals surface area (Å²) in [4.78, 5) is 44.1. The predicted octanol–water partition coefficient (Wildman–Crippen LogP) is 3.35. The average molecular weight is 431 g/mol. The summed E-state index contributed by atoms with van der Waals surface area (Å²) in [6.45, 7) is 0. The number of carbonyl (C=O) groups excluding carboxylic acids is 2. The van der Waals surface area contributed by atoms with Crippen LogP contribution in [0.5, 0.6) is 5.75 Å². The first-order valence-electron chi connectivity index (χ1n) is 9.88. The number of aromatic hydroxyl groups is 1. The number of phenolic OH excluding ortho intramolecular Hbond substituents is 1. The van der Waals surface area contributed by atoms with Crippen LogP contribution in [-0.4, -0.2) is 27.9 Å². The summed E-state index contributed by atoms with van der Waals surface area (Å²) in [7, 11) is 0. The van der Waals surface area contributed by atoms with Gasteiger partial charge >= 0.3 is 0 Å². The largest absolute Gasteiger partial charge is 0.508 e. The molecule has 0 saturated carbocycles. The maximum Gasteiger partial charge on any atom is 0.269 e. The highest BCUT2D eigenvalue weighted by molar-refractivity contribution is 6.23. The fraction of sp³-hybridized carbons (Fsp3) is 0.130. The molecule has 160 valence electrons. The first-order valence-corrected chi connectivity index (χ1v) is 9.88. The Morgan fingerprint density at radius 1 is 0.844 bits per heavy atom. The molecule has 1 N–H and O–H groups in total. The van der Waals surface area contributed by atoms with Crippen LogP contribution in [0.4, 0.5) is 17.1 Å². The van der Waals surface area contributed by atoms with Gasteiger partial charge in [0.25, 0.3) is 11.6 Å². The predicted molar refractivity (Wildman–Crippen MR) is 114 cm³/mol. The number of nitro groups is 1. The number of rotatable bonds is 4. The fourth-order valence-corrected chi connectivity index (χ4v) is 4.20. The van der Waals surface area contributed by atoms with Crippen LogP contribution in [0, 0.1) is 16.0 Å². The second-order valence-corrected chi connectivity index (χ2v) is 7.53. The van der Waals surface area contributed by atoms with Crippen LogP contribution in [0.15, 0.2) is 78.9 Å². The van der Waals surface area contributed by atoms with Crippen LogP contribution >= 0.6 is 0 Å². The second-order valence-electron chi connectivity index (χ2n) is 7.53. The molecule has 2 aliphatic rings. The highest BCUT2D eigenvalue weighted by Crippen LogP contribution is 2.47. The van der Waals surface area contributed by atoms with Crippen molar-refractivity contribution in [3.05, 3.63) is 94.5 Å². The van der Waals surface area contributed by atoms with Crippen molar-refractivity contribution in [2.24, 2.45) is 5.92 Å². The van der Waals surface area contributed by atoms with E-state index in [1.165, 1.54) is 36.4 Å². The molecule has 0 spiro atoms. The Labute approximate surface area is 182 Å². The maximum atomic E-state index is 13.5. The summed E-state index contributed by atoms with van der Waals surface area (Å²) in [5.41, 5.74) is 1.49. The molecule has 5 rings (SSSR count). The van der Waals surface area contributed by atoms with Crippen LogP contribution in [0.1, 0.15) is 11.6 Å². The van der Waals surface area contributed by atoms with Gasteiger partial charge in [0.15, 0.2) is 6.10 Å². The van der Waals surface area contributed by atoms with Crippen LogP contribution in [0.25, 0.3) is 0 Å². The molecule has 2 heterocycles. The number of hydrogen-bond donors (Lipinski definition) is 1. The van der Waals surface area contributed by atoms with Crippen molar-refractivity contribution in [3.63, 3.8) is 0 Å². The number of non-ortho nitro benzene ring substituents is 1. The molecular formula is C23H17N3O6. The number of carbonyl (C=O) groups is 2. The van der Waals surface area contributed by atoms with Gasteiger partial charge in [-0.3, -0.25) is 24.5 Å². The number of imide groups is 1. The fourth-order valence-electron chi connectivity index (χ4n) is 4.20. The molecular weight excluding hydrogens is 414 g/mol. The van der Waals surface area contributed by atoms with E-state index in [1.807, 2.05) is 30.3 Å². The number of fused-ring (bicyclic) bond motifs is 1. The molecule has 2 aliphatic heterocycles. The summed E-state index contributed by atoms with van der Waals surface area (Å²) in [6.07, 6.45) is -1.04. The van der Waals surface area contributed by atoms with E-state index in [1.54, 1.807) is 17.2 Å². The SMILES string of the molecule is O=C1C2ON(c3ccccc3)C(c3ccc(O)cc3)C2C(=O)N1c1ccc([N+](=O)[O-])cc1. The highest BCUT2D eigenvalue weighted by Gasteiger charge is 2.60. The lowest BCUT2D eigenvalue weighted by molar-refractivity contribution is -0.384. The van der Waals surface area contributed by atoms with Crippen molar-refractivity contribution in [3.8, 4) is 5.75 Å². The first kappa shape index (κ1) is 19.7. The minimum absolute atomic E-state index is 0.0804. The maximum absolute atomic E-state index is 13.5. The Bertz CT molecular complexity index is 1200. The number of hydrogen-bond acceptors (Lipinski definition) is 7. The number of phenols is 1. The van der Waals surface area contributed by atoms with Crippen molar-refractivity contribution in [1.82, 2.24) is 0 Å². The Balaban J connectivity index is 1.55. The summed E-state index contributed by atoms with van der Waals surface area (Å²) < 4.78 is 0. The number of para-hydroxylation sites is 1. The molecule has 0 aliphatic carbocycles. The number of nitro benzene ring substituents is 1. The number of benzene rings is 3. The van der Waals surface area contributed by atoms with Gasteiger partial charge in [0.05, 0.1) is 22.3 Å². The lowest BCUT2D eigenvalue weighted by atomic mass is 9.90. The quantitative estimate of drug-likeness (QED) is 0.383. The van der Waals surface area contributed by atoms with Gasteiger partial charge in [-0.2, -0.15) is 0 Å². The van der Waals surface area contributed by atoms with Gasteiger partial charge in [-0.15, -0.1) is 0 Å². The van der Waals surface area contributed by atoms with E-state index < -0.39 is 34.8 Å². The number of nitrogens with zero attached hydrogens (tertiary/aromatic N) is 3. The van der Waals surface area contributed by atoms with E-state index in [4.69, 9.17) is 4.84 Å². The van der Waals surface area contributed by atoms with Crippen LogP contribution in [0.2, 0.25) is 0 Å². The van der Waals surface area contributed by atoms with E-state index in [2.05, 4.69) is 0 Å². The number of amides is 2. The molecule has 3 atom stereocenters. The average Bonchev–Trinajstić information content (AvgIpc) is 3.31. The third-order valence-electron chi connectivity index (χ3n) is 5.68. The van der Waals surface area contributed by atoms with E-state index in [9.17, 15) is 24.8 Å². The summed E-state index contributed by atoms with van der Waals surface area (Å²) in [5.74, 6) is -1.74. The molecule has 3 aromatic rings. The molecule has 3 aromatic carbocycles. The van der Waals surface area contributed by atoms with Crippen molar-refractivity contribution in [1.29, 1.82) is 0 Å². The van der Waals surface area contributed by atoms with Gasteiger partial charge in [0.2, 0.25) is 5.91 Å². The standard InChI is InChI=1S/C23H17N3O6/c27-18-12-6-14(7-13-18)20-19-21(32-25(20)16-4-2-1-3-5-16)23(29)24(22(19)28)15-8-10-17(11-9-15)26(30)31/h1-13,19-21,27H. The van der Waals surface area contributed by atoms with Crippen molar-refractivity contribution < 1.29 is 24.5 Å². The molecule has 2 amide bonds. The zero-order valence-electron chi connectivity index (χ0n) is 16.6. The smallest absolute Gasteiger partial charge is 0.269 e.